The monoisotopic (exact) mass is 354 g/mol. The van der Waals surface area contributed by atoms with Gasteiger partial charge in [-0.3, -0.25) is 9.59 Å². The Balaban J connectivity index is 0. The van der Waals surface area contributed by atoms with Crippen LogP contribution in [0.2, 0.25) is 0 Å². The van der Waals surface area contributed by atoms with Gasteiger partial charge in [0.15, 0.2) is 5.92 Å². The molecule has 140 valence electrons. The fourth-order valence-corrected chi connectivity index (χ4v) is 3.08. The van der Waals surface area contributed by atoms with Gasteiger partial charge in [-0.15, -0.1) is 0 Å². The normalized spacial score (nSPS) is 12.0. The Kier molecular flexibility index (Phi) is 18.9. The first-order valence-electron chi connectivity index (χ1n) is 9.48. The molecule has 0 aromatic carbocycles. The Morgan fingerprint density at radius 1 is 0.708 bits per heavy atom. The third-order valence-electron chi connectivity index (χ3n) is 4.60. The van der Waals surface area contributed by atoms with E-state index < -0.39 is 17.9 Å². The lowest BCUT2D eigenvalue weighted by molar-refractivity contribution is -0.155. The van der Waals surface area contributed by atoms with E-state index in [0.717, 1.165) is 32.1 Å². The van der Waals surface area contributed by atoms with Crippen LogP contribution in [0.5, 0.6) is 0 Å². The summed E-state index contributed by atoms with van der Waals surface area (Å²) in [5.41, 5.74) is 0. The second kappa shape index (κ2) is 17.5. The Bertz CT molecular complexity index is 306. The molecule has 0 rings (SSSR count). The fraction of sp³-hybridized carbons (Fsp3) is 0.895. The molecule has 0 fully saturated rings. The van der Waals surface area contributed by atoms with Crippen LogP contribution in [0.15, 0.2) is 0 Å². The van der Waals surface area contributed by atoms with Crippen molar-refractivity contribution in [1.29, 1.82) is 0 Å². The third-order valence-corrected chi connectivity index (χ3v) is 4.60. The number of carboxylic acids is 2. The molecule has 2 N–H and O–H groups in total. The minimum atomic E-state index is -1.24. The van der Waals surface area contributed by atoms with Gasteiger partial charge in [0, 0.05) is 0 Å². The average Bonchev–Trinajstić information content (AvgIpc) is 2.50. The van der Waals surface area contributed by atoms with Crippen LogP contribution >= 0.6 is 0 Å². The molecular weight excluding hydrogens is 317 g/mol. The van der Waals surface area contributed by atoms with E-state index in [-0.39, 0.29) is 35.4 Å². The number of unbranched alkanes of at least 4 members (excludes halogenated alkanes) is 8. The van der Waals surface area contributed by atoms with Crippen molar-refractivity contribution in [3.8, 4) is 0 Å². The molecule has 1 atom stereocenters. The second-order valence-electron chi connectivity index (χ2n) is 6.74. The molecule has 0 aromatic rings. The summed E-state index contributed by atoms with van der Waals surface area (Å²) < 4.78 is 0. The zero-order chi connectivity index (χ0) is 17.5. The predicted molar refractivity (Wildman–Crippen MR) is 102 cm³/mol. The Labute approximate surface area is 163 Å². The summed E-state index contributed by atoms with van der Waals surface area (Å²) in [7, 11) is 0. The van der Waals surface area contributed by atoms with Gasteiger partial charge in [0.05, 0.1) is 0 Å². The molecule has 0 saturated carbocycles. The van der Waals surface area contributed by atoms with Crippen molar-refractivity contribution < 1.29 is 19.8 Å². The summed E-state index contributed by atoms with van der Waals surface area (Å²) in [6.07, 6.45) is 14.3. The van der Waals surface area contributed by atoms with Crippen molar-refractivity contribution in [2.75, 3.05) is 0 Å². The van der Waals surface area contributed by atoms with E-state index in [1.54, 1.807) is 0 Å². The lowest BCUT2D eigenvalue weighted by Crippen LogP contribution is -2.26. The van der Waals surface area contributed by atoms with Crippen LogP contribution in [0.25, 0.3) is 0 Å². The first-order chi connectivity index (χ1) is 11.0. The molecular formula is C19H38MgO4. The van der Waals surface area contributed by atoms with Crippen molar-refractivity contribution in [3.63, 3.8) is 0 Å². The van der Waals surface area contributed by atoms with Crippen molar-refractivity contribution in [1.82, 2.24) is 0 Å². The van der Waals surface area contributed by atoms with E-state index in [1.807, 2.05) is 0 Å². The van der Waals surface area contributed by atoms with E-state index in [1.165, 1.54) is 44.9 Å². The fourth-order valence-electron chi connectivity index (χ4n) is 3.08. The van der Waals surface area contributed by atoms with Crippen LogP contribution in [0.1, 0.15) is 97.3 Å². The van der Waals surface area contributed by atoms with Gasteiger partial charge in [0.2, 0.25) is 0 Å². The van der Waals surface area contributed by atoms with E-state index >= 15 is 0 Å². The topological polar surface area (TPSA) is 74.6 Å². The summed E-state index contributed by atoms with van der Waals surface area (Å²) >= 11 is 0. The Morgan fingerprint density at radius 2 is 1.12 bits per heavy atom. The lowest BCUT2D eigenvalue weighted by atomic mass is 9.86. The summed E-state index contributed by atoms with van der Waals surface area (Å²) in [6.45, 7) is 4.33. The highest BCUT2D eigenvalue weighted by atomic mass is 24.3. The molecule has 0 saturated heterocycles. The molecule has 5 heteroatoms. The number of hydrogen-bond donors (Lipinski definition) is 2. The van der Waals surface area contributed by atoms with Crippen LogP contribution in [-0.2, 0) is 9.59 Å². The number of carbonyl (C=O) groups is 2. The molecule has 4 nitrogen and oxygen atoms in total. The molecule has 0 aliphatic heterocycles. The van der Waals surface area contributed by atoms with Gasteiger partial charge in [-0.1, -0.05) is 90.9 Å². The van der Waals surface area contributed by atoms with E-state index in [2.05, 4.69) is 13.8 Å². The summed E-state index contributed by atoms with van der Waals surface area (Å²) in [4.78, 5) is 22.1. The number of hydrogen-bond acceptors (Lipinski definition) is 2. The lowest BCUT2D eigenvalue weighted by Gasteiger charge is -2.19. The van der Waals surface area contributed by atoms with Crippen LogP contribution in [0, 0.1) is 11.8 Å². The van der Waals surface area contributed by atoms with E-state index in [0.29, 0.717) is 0 Å². The molecule has 0 aliphatic carbocycles. The van der Waals surface area contributed by atoms with Crippen molar-refractivity contribution >= 4 is 35.0 Å². The highest BCUT2D eigenvalue weighted by molar-refractivity contribution is 5.92. The number of rotatable bonds is 16. The molecule has 0 amide bonds. The Morgan fingerprint density at radius 3 is 1.58 bits per heavy atom. The smallest absolute Gasteiger partial charge is 0.317 e. The van der Waals surface area contributed by atoms with Crippen LogP contribution < -0.4 is 0 Å². The summed E-state index contributed by atoms with van der Waals surface area (Å²) in [5, 5.41) is 18.1. The van der Waals surface area contributed by atoms with Crippen molar-refractivity contribution in [2.24, 2.45) is 11.8 Å². The molecule has 0 aliphatic rings. The standard InChI is InChI=1S/C19H36O4.Mg.2H/c1-3-5-7-8-9-10-11-12-14-16(13-6-4-2)15-17(18(20)21)19(22)23;;;/h16-17H,3-15H2,1-2H3,(H,20,21)(H,22,23);;;. The molecule has 0 spiro atoms. The highest BCUT2D eigenvalue weighted by Gasteiger charge is 2.28. The summed E-state index contributed by atoms with van der Waals surface area (Å²) in [6, 6.07) is 0. The average molecular weight is 355 g/mol. The first kappa shape index (κ1) is 25.9. The van der Waals surface area contributed by atoms with Gasteiger partial charge < -0.3 is 10.2 Å². The van der Waals surface area contributed by atoms with E-state index in [4.69, 9.17) is 10.2 Å². The van der Waals surface area contributed by atoms with Gasteiger partial charge in [0.1, 0.15) is 0 Å². The van der Waals surface area contributed by atoms with Crippen LogP contribution in [-0.4, -0.2) is 45.2 Å². The highest BCUT2D eigenvalue weighted by Crippen LogP contribution is 2.25. The van der Waals surface area contributed by atoms with Gasteiger partial charge in [-0.25, -0.2) is 0 Å². The van der Waals surface area contributed by atoms with Gasteiger partial charge in [-0.2, -0.15) is 0 Å². The molecule has 0 aromatic heterocycles. The van der Waals surface area contributed by atoms with Gasteiger partial charge in [-0.05, 0) is 12.3 Å². The number of carboxylic acid groups (broad SMARTS) is 2. The minimum Gasteiger partial charge on any atom is -0.481 e. The van der Waals surface area contributed by atoms with E-state index in [9.17, 15) is 9.59 Å². The van der Waals surface area contributed by atoms with Crippen LogP contribution in [0.3, 0.4) is 0 Å². The SMILES string of the molecule is CCCCCCCCCCC(CCCC)CC(C(=O)O)C(=O)O.[MgH2]. The zero-order valence-electron chi connectivity index (χ0n) is 15.1. The molecule has 0 bridgehead atoms. The molecule has 0 radical (unpaired) electrons. The minimum absolute atomic E-state index is 0. The third kappa shape index (κ3) is 14.1. The van der Waals surface area contributed by atoms with Crippen molar-refractivity contribution in [3.05, 3.63) is 0 Å². The van der Waals surface area contributed by atoms with Gasteiger partial charge in [0.25, 0.3) is 0 Å². The zero-order valence-corrected chi connectivity index (χ0v) is 15.1. The van der Waals surface area contributed by atoms with Gasteiger partial charge >= 0.3 is 35.0 Å². The quantitative estimate of drug-likeness (QED) is 0.241. The Hall–Kier alpha value is -0.294. The van der Waals surface area contributed by atoms with Crippen molar-refractivity contribution in [2.45, 2.75) is 97.3 Å². The maximum absolute atomic E-state index is 11.1. The maximum Gasteiger partial charge on any atom is 0.317 e. The maximum atomic E-state index is 11.1. The van der Waals surface area contributed by atoms with Crippen LogP contribution in [0.4, 0.5) is 0 Å². The second-order valence-corrected chi connectivity index (χ2v) is 6.74. The summed E-state index contributed by atoms with van der Waals surface area (Å²) in [5.74, 6) is -3.41. The largest absolute Gasteiger partial charge is 0.481 e. The molecule has 24 heavy (non-hydrogen) atoms. The first-order valence-corrected chi connectivity index (χ1v) is 9.48. The molecule has 0 heterocycles. The number of aliphatic carboxylic acids is 2. The molecule has 1 unspecified atom stereocenters. The predicted octanol–water partition coefficient (Wildman–Crippen LogP) is 4.58.